The van der Waals surface area contributed by atoms with E-state index < -0.39 is 46.1 Å². The molecule has 1 aromatic rings. The van der Waals surface area contributed by atoms with E-state index in [2.05, 4.69) is 4.74 Å². The van der Waals surface area contributed by atoms with Crippen molar-refractivity contribution < 1.29 is 23.2 Å². The summed E-state index contributed by atoms with van der Waals surface area (Å²) in [5.74, 6) is -0.868. The molecule has 0 spiro atoms. The van der Waals surface area contributed by atoms with Gasteiger partial charge in [0, 0.05) is 11.6 Å². The number of nitriles is 1. The highest BCUT2D eigenvalue weighted by atomic mass is 19.3. The quantitative estimate of drug-likeness (QED) is 0.470. The van der Waals surface area contributed by atoms with Crippen molar-refractivity contribution in [2.24, 2.45) is 0 Å². The lowest BCUT2D eigenvalue weighted by Gasteiger charge is -2.10. The number of hydrogen-bond donors (Lipinski definition) is 0. The van der Waals surface area contributed by atoms with Gasteiger partial charge in [0.2, 0.25) is 0 Å². The third kappa shape index (κ3) is 3.26. The van der Waals surface area contributed by atoms with Crippen molar-refractivity contribution in [1.29, 1.82) is 5.26 Å². The molecule has 0 radical (unpaired) electrons. The number of alkyl halides is 2. The van der Waals surface area contributed by atoms with E-state index in [4.69, 9.17) is 5.26 Å². The summed E-state index contributed by atoms with van der Waals surface area (Å²) >= 11 is 0. The standard InChI is InChI=1S/C12H10F2N2O4/c1-2-20-10(17)5-8-9(16(18)19)4-3-7(6-15)11(8)12(13)14/h3-4,12H,2,5H2,1H3. The molecule has 20 heavy (non-hydrogen) atoms. The van der Waals surface area contributed by atoms with Crippen LogP contribution in [0.15, 0.2) is 12.1 Å². The SMILES string of the molecule is CCOC(=O)Cc1c([N+](=O)[O-])ccc(C#N)c1C(F)F. The maximum Gasteiger partial charge on any atom is 0.310 e. The number of nitro benzene ring substituents is 1. The molecule has 0 N–H and O–H groups in total. The number of carbonyl (C=O) groups is 1. The molecule has 0 aliphatic rings. The van der Waals surface area contributed by atoms with Crippen LogP contribution in [0.3, 0.4) is 0 Å². The van der Waals surface area contributed by atoms with Crippen LogP contribution >= 0.6 is 0 Å². The first kappa shape index (κ1) is 15.5. The second kappa shape index (κ2) is 6.56. The molecule has 106 valence electrons. The zero-order valence-electron chi connectivity index (χ0n) is 10.4. The molecule has 0 fully saturated rings. The highest BCUT2D eigenvalue weighted by Gasteiger charge is 2.28. The molecule has 0 saturated heterocycles. The van der Waals surface area contributed by atoms with Crippen molar-refractivity contribution in [3.63, 3.8) is 0 Å². The summed E-state index contributed by atoms with van der Waals surface area (Å²) in [7, 11) is 0. The number of hydrogen-bond acceptors (Lipinski definition) is 5. The molecule has 0 saturated carbocycles. The van der Waals surface area contributed by atoms with Gasteiger partial charge in [0.25, 0.3) is 12.1 Å². The lowest BCUT2D eigenvalue weighted by molar-refractivity contribution is -0.385. The first-order valence-corrected chi connectivity index (χ1v) is 5.56. The second-order valence-electron chi connectivity index (χ2n) is 3.68. The molecule has 0 unspecified atom stereocenters. The Kier molecular flexibility index (Phi) is 5.08. The molecule has 0 heterocycles. The molecular weight excluding hydrogens is 274 g/mol. The van der Waals surface area contributed by atoms with Crippen LogP contribution in [0.2, 0.25) is 0 Å². The smallest absolute Gasteiger partial charge is 0.310 e. The fraction of sp³-hybridized carbons (Fsp3) is 0.333. The highest BCUT2D eigenvalue weighted by Crippen LogP contribution is 2.33. The number of rotatable bonds is 5. The van der Waals surface area contributed by atoms with E-state index in [9.17, 15) is 23.7 Å². The monoisotopic (exact) mass is 284 g/mol. The maximum atomic E-state index is 13.0. The predicted octanol–water partition coefficient (Wildman–Crippen LogP) is 2.51. The molecule has 6 nitrogen and oxygen atoms in total. The van der Waals surface area contributed by atoms with Gasteiger partial charge >= 0.3 is 5.97 Å². The molecule has 1 aromatic carbocycles. The Labute approximate surface area is 112 Å². The van der Waals surface area contributed by atoms with E-state index in [1.807, 2.05) is 0 Å². The molecule has 0 aromatic heterocycles. The van der Waals surface area contributed by atoms with Gasteiger partial charge in [-0.2, -0.15) is 5.26 Å². The molecule has 0 aliphatic carbocycles. The largest absolute Gasteiger partial charge is 0.466 e. The minimum Gasteiger partial charge on any atom is -0.466 e. The summed E-state index contributed by atoms with van der Waals surface area (Å²) in [5.41, 5.74) is -2.31. The average Bonchev–Trinajstić information content (AvgIpc) is 2.37. The van der Waals surface area contributed by atoms with Crippen LogP contribution in [0.4, 0.5) is 14.5 Å². The average molecular weight is 284 g/mol. The summed E-state index contributed by atoms with van der Waals surface area (Å²) in [6.07, 6.45) is -3.78. The third-order valence-corrected chi connectivity index (χ3v) is 2.49. The van der Waals surface area contributed by atoms with E-state index in [-0.39, 0.29) is 6.61 Å². The number of esters is 1. The summed E-state index contributed by atoms with van der Waals surface area (Å²) in [6, 6.07) is 3.40. The van der Waals surface area contributed by atoms with Crippen LogP contribution in [0.5, 0.6) is 0 Å². The summed E-state index contributed by atoms with van der Waals surface area (Å²) in [6.45, 7) is 1.54. The first-order chi connectivity index (χ1) is 9.42. The Morgan fingerprint density at radius 2 is 2.20 bits per heavy atom. The van der Waals surface area contributed by atoms with E-state index in [1.165, 1.54) is 13.0 Å². The van der Waals surface area contributed by atoms with Gasteiger partial charge in [-0.05, 0) is 13.0 Å². The topological polar surface area (TPSA) is 93.2 Å². The summed E-state index contributed by atoms with van der Waals surface area (Å²) in [4.78, 5) is 21.4. The minimum atomic E-state index is -3.10. The Hall–Kier alpha value is -2.56. The third-order valence-electron chi connectivity index (χ3n) is 2.49. The molecule has 0 aliphatic heterocycles. The Bertz CT molecular complexity index is 582. The van der Waals surface area contributed by atoms with Gasteiger partial charge in [-0.1, -0.05) is 0 Å². The van der Waals surface area contributed by atoms with Gasteiger partial charge in [0.1, 0.15) is 0 Å². The van der Waals surface area contributed by atoms with Crippen molar-refractivity contribution in [2.45, 2.75) is 19.8 Å². The van der Waals surface area contributed by atoms with Crippen molar-refractivity contribution in [2.75, 3.05) is 6.61 Å². The van der Waals surface area contributed by atoms with Crippen molar-refractivity contribution in [1.82, 2.24) is 0 Å². The zero-order valence-corrected chi connectivity index (χ0v) is 10.4. The Balaban J connectivity index is 3.45. The van der Waals surface area contributed by atoms with Gasteiger partial charge in [-0.25, -0.2) is 8.78 Å². The van der Waals surface area contributed by atoms with Crippen LogP contribution in [0, 0.1) is 21.4 Å². The predicted molar refractivity (Wildman–Crippen MR) is 63.1 cm³/mol. The highest BCUT2D eigenvalue weighted by molar-refractivity contribution is 5.75. The molecule has 1 rings (SSSR count). The lowest BCUT2D eigenvalue weighted by Crippen LogP contribution is -2.12. The Morgan fingerprint density at radius 1 is 1.55 bits per heavy atom. The Morgan fingerprint density at radius 3 is 2.65 bits per heavy atom. The first-order valence-electron chi connectivity index (χ1n) is 5.56. The van der Waals surface area contributed by atoms with Crippen LogP contribution in [0.25, 0.3) is 0 Å². The van der Waals surface area contributed by atoms with E-state index in [0.717, 1.165) is 12.1 Å². The normalized spacial score (nSPS) is 10.2. The van der Waals surface area contributed by atoms with Crippen LogP contribution in [-0.4, -0.2) is 17.5 Å². The minimum absolute atomic E-state index is 0.0224. The van der Waals surface area contributed by atoms with Crippen molar-refractivity contribution >= 4 is 11.7 Å². The van der Waals surface area contributed by atoms with Gasteiger partial charge in [0.15, 0.2) is 0 Å². The maximum absolute atomic E-state index is 13.0. The second-order valence-corrected chi connectivity index (χ2v) is 3.68. The number of ether oxygens (including phenoxy) is 1. The van der Waals surface area contributed by atoms with Crippen molar-refractivity contribution in [3.8, 4) is 6.07 Å². The molecular formula is C12H10F2N2O4. The lowest BCUT2D eigenvalue weighted by atomic mass is 9.97. The number of nitro groups is 1. The molecule has 0 atom stereocenters. The number of halogens is 2. The zero-order chi connectivity index (χ0) is 15.3. The van der Waals surface area contributed by atoms with Crippen LogP contribution in [0.1, 0.15) is 30.0 Å². The number of carbonyl (C=O) groups excluding carboxylic acids is 1. The van der Waals surface area contributed by atoms with E-state index in [1.54, 1.807) is 0 Å². The summed E-state index contributed by atoms with van der Waals surface area (Å²) < 4.78 is 30.7. The van der Waals surface area contributed by atoms with Gasteiger partial charge in [-0.3, -0.25) is 14.9 Å². The summed E-state index contributed by atoms with van der Waals surface area (Å²) in [5, 5.41) is 19.7. The van der Waals surface area contributed by atoms with E-state index >= 15 is 0 Å². The van der Waals surface area contributed by atoms with E-state index in [0.29, 0.717) is 0 Å². The number of benzene rings is 1. The molecule has 8 heteroatoms. The van der Waals surface area contributed by atoms with Crippen LogP contribution < -0.4 is 0 Å². The molecule has 0 amide bonds. The fourth-order valence-corrected chi connectivity index (χ4v) is 1.71. The van der Waals surface area contributed by atoms with Crippen LogP contribution in [-0.2, 0) is 16.0 Å². The van der Waals surface area contributed by atoms with Gasteiger partial charge in [-0.15, -0.1) is 0 Å². The number of nitrogens with zero attached hydrogens (tertiary/aromatic N) is 2. The fourth-order valence-electron chi connectivity index (χ4n) is 1.71. The molecule has 0 bridgehead atoms. The van der Waals surface area contributed by atoms with Crippen molar-refractivity contribution in [3.05, 3.63) is 38.9 Å². The van der Waals surface area contributed by atoms with Gasteiger partial charge in [0.05, 0.1) is 35.1 Å². The van der Waals surface area contributed by atoms with Gasteiger partial charge < -0.3 is 4.74 Å².